The highest BCUT2D eigenvalue weighted by molar-refractivity contribution is 5.77. The second-order valence-electron chi connectivity index (χ2n) is 5.41. The molecule has 0 spiro atoms. The quantitative estimate of drug-likeness (QED) is 0.706. The van der Waals surface area contributed by atoms with Gasteiger partial charge in [-0.05, 0) is 32.6 Å². The summed E-state index contributed by atoms with van der Waals surface area (Å²) in [6, 6.07) is 0. The summed E-state index contributed by atoms with van der Waals surface area (Å²) in [4.78, 5) is 22.8. The van der Waals surface area contributed by atoms with E-state index >= 15 is 0 Å². The molecular formula is C14H21F3O4. The zero-order chi connectivity index (χ0) is 16.0. The average Bonchev–Trinajstić information content (AvgIpc) is 2.89. The van der Waals surface area contributed by atoms with Crippen LogP contribution in [0.1, 0.15) is 52.4 Å². The molecule has 122 valence electrons. The zero-order valence-corrected chi connectivity index (χ0v) is 12.2. The molecule has 0 amide bonds. The van der Waals surface area contributed by atoms with Crippen molar-refractivity contribution in [2.24, 2.45) is 5.92 Å². The van der Waals surface area contributed by atoms with E-state index in [1.54, 1.807) is 6.92 Å². The molecule has 0 bridgehead atoms. The average molecular weight is 310 g/mol. The number of carbonyl (C=O) groups excluding carboxylic acids is 2. The van der Waals surface area contributed by atoms with Crippen molar-refractivity contribution in [3.8, 4) is 0 Å². The molecule has 2 atom stereocenters. The van der Waals surface area contributed by atoms with E-state index in [1.807, 2.05) is 0 Å². The van der Waals surface area contributed by atoms with Crippen LogP contribution in [0, 0.1) is 5.92 Å². The van der Waals surface area contributed by atoms with Crippen molar-refractivity contribution in [1.82, 2.24) is 0 Å². The molecule has 0 N–H and O–H groups in total. The fraction of sp³-hybridized carbons (Fsp3) is 0.857. The Balaban J connectivity index is 2.24. The fourth-order valence-corrected chi connectivity index (χ4v) is 2.32. The van der Waals surface area contributed by atoms with Crippen LogP contribution in [0.3, 0.4) is 0 Å². The highest BCUT2D eigenvalue weighted by atomic mass is 19.4. The first-order valence-electron chi connectivity index (χ1n) is 7.16. The van der Waals surface area contributed by atoms with Gasteiger partial charge in [0.15, 0.2) is 6.10 Å². The van der Waals surface area contributed by atoms with E-state index in [2.05, 4.69) is 4.74 Å². The smallest absolute Gasteiger partial charge is 0.425 e. The van der Waals surface area contributed by atoms with Crippen LogP contribution >= 0.6 is 0 Å². The number of halogens is 3. The SMILES string of the molecule is CC(OC(=O)CCC(=O)OC(C)C(F)(F)F)C1CCCC1. The van der Waals surface area contributed by atoms with Crippen molar-refractivity contribution >= 4 is 11.9 Å². The molecule has 2 unspecified atom stereocenters. The van der Waals surface area contributed by atoms with Crippen molar-refractivity contribution in [3.05, 3.63) is 0 Å². The summed E-state index contributed by atoms with van der Waals surface area (Å²) in [5.41, 5.74) is 0. The number of esters is 2. The molecule has 0 aromatic rings. The molecule has 1 fully saturated rings. The molecule has 1 saturated carbocycles. The minimum absolute atomic E-state index is 0.217. The number of carbonyl (C=O) groups is 2. The number of rotatable bonds is 6. The first-order chi connectivity index (χ1) is 9.70. The lowest BCUT2D eigenvalue weighted by molar-refractivity contribution is -0.216. The Bertz CT molecular complexity index is 362. The number of ether oxygens (including phenoxy) is 2. The van der Waals surface area contributed by atoms with Gasteiger partial charge in [0.1, 0.15) is 6.10 Å². The monoisotopic (exact) mass is 310 g/mol. The Morgan fingerprint density at radius 2 is 1.52 bits per heavy atom. The third-order valence-corrected chi connectivity index (χ3v) is 3.68. The molecular weight excluding hydrogens is 289 g/mol. The lowest BCUT2D eigenvalue weighted by Gasteiger charge is -2.19. The minimum atomic E-state index is -4.59. The van der Waals surface area contributed by atoms with Crippen molar-refractivity contribution in [2.75, 3.05) is 0 Å². The van der Waals surface area contributed by atoms with E-state index in [4.69, 9.17) is 4.74 Å². The maximum absolute atomic E-state index is 12.2. The number of hydrogen-bond acceptors (Lipinski definition) is 4. The maximum atomic E-state index is 12.2. The maximum Gasteiger partial charge on any atom is 0.425 e. The van der Waals surface area contributed by atoms with Gasteiger partial charge in [0, 0.05) is 0 Å². The fourth-order valence-electron chi connectivity index (χ4n) is 2.32. The first kappa shape index (κ1) is 17.8. The molecule has 0 radical (unpaired) electrons. The normalized spacial score (nSPS) is 19.1. The largest absolute Gasteiger partial charge is 0.462 e. The molecule has 1 rings (SSSR count). The second-order valence-corrected chi connectivity index (χ2v) is 5.41. The van der Waals surface area contributed by atoms with Crippen LogP contribution in [0.25, 0.3) is 0 Å². The van der Waals surface area contributed by atoms with Gasteiger partial charge in [0.05, 0.1) is 12.8 Å². The summed E-state index contributed by atoms with van der Waals surface area (Å²) in [6.45, 7) is 2.55. The summed E-state index contributed by atoms with van der Waals surface area (Å²) in [5, 5.41) is 0. The summed E-state index contributed by atoms with van der Waals surface area (Å²) in [7, 11) is 0. The van der Waals surface area contributed by atoms with Gasteiger partial charge in [-0.1, -0.05) is 12.8 Å². The molecule has 0 saturated heterocycles. The summed E-state index contributed by atoms with van der Waals surface area (Å²) in [6.07, 6.45) is -3.38. The highest BCUT2D eigenvalue weighted by Gasteiger charge is 2.39. The third-order valence-electron chi connectivity index (χ3n) is 3.68. The van der Waals surface area contributed by atoms with E-state index in [0.717, 1.165) is 32.6 Å². The van der Waals surface area contributed by atoms with E-state index in [1.165, 1.54) is 0 Å². The summed E-state index contributed by atoms with van der Waals surface area (Å²) < 4.78 is 45.9. The van der Waals surface area contributed by atoms with Crippen molar-refractivity contribution < 1.29 is 32.2 Å². The van der Waals surface area contributed by atoms with Gasteiger partial charge >= 0.3 is 18.1 Å². The van der Waals surface area contributed by atoms with Crippen LogP contribution in [-0.4, -0.2) is 30.3 Å². The Labute approximate surface area is 122 Å². The predicted octanol–water partition coefficient (Wildman–Crippen LogP) is 3.38. The molecule has 0 heterocycles. The molecule has 0 aliphatic heterocycles. The van der Waals surface area contributed by atoms with Gasteiger partial charge in [-0.25, -0.2) is 0 Å². The Morgan fingerprint density at radius 3 is 2.00 bits per heavy atom. The van der Waals surface area contributed by atoms with E-state index in [0.29, 0.717) is 5.92 Å². The molecule has 4 nitrogen and oxygen atoms in total. The molecule has 7 heteroatoms. The van der Waals surface area contributed by atoms with Gasteiger partial charge in [-0.2, -0.15) is 13.2 Å². The van der Waals surface area contributed by atoms with E-state index in [9.17, 15) is 22.8 Å². The van der Waals surface area contributed by atoms with Crippen molar-refractivity contribution in [2.45, 2.75) is 70.8 Å². The first-order valence-corrected chi connectivity index (χ1v) is 7.16. The van der Waals surface area contributed by atoms with Crippen molar-refractivity contribution in [3.63, 3.8) is 0 Å². The van der Waals surface area contributed by atoms with Gasteiger partial charge < -0.3 is 9.47 Å². The van der Waals surface area contributed by atoms with Crippen LogP contribution in [-0.2, 0) is 19.1 Å². The number of hydrogen-bond donors (Lipinski definition) is 0. The third kappa shape index (κ3) is 6.35. The van der Waals surface area contributed by atoms with Crippen LogP contribution in [0.15, 0.2) is 0 Å². The van der Waals surface area contributed by atoms with Crippen LogP contribution in [0.5, 0.6) is 0 Å². The van der Waals surface area contributed by atoms with E-state index in [-0.39, 0.29) is 12.5 Å². The Hall–Kier alpha value is -1.27. The predicted molar refractivity (Wildman–Crippen MR) is 68.4 cm³/mol. The highest BCUT2D eigenvalue weighted by Crippen LogP contribution is 2.29. The Morgan fingerprint density at radius 1 is 1.05 bits per heavy atom. The second kappa shape index (κ2) is 7.66. The standard InChI is InChI=1S/C14H21F3O4/c1-9(11-5-3-4-6-11)20-12(18)7-8-13(19)21-10(2)14(15,16)17/h9-11H,3-8H2,1-2H3. The van der Waals surface area contributed by atoms with Gasteiger partial charge in [-0.15, -0.1) is 0 Å². The molecule has 21 heavy (non-hydrogen) atoms. The zero-order valence-electron chi connectivity index (χ0n) is 12.2. The van der Waals surface area contributed by atoms with Gasteiger partial charge in [0.25, 0.3) is 0 Å². The molecule has 0 aromatic carbocycles. The van der Waals surface area contributed by atoms with E-state index < -0.39 is 30.6 Å². The van der Waals surface area contributed by atoms with Gasteiger partial charge in [0.2, 0.25) is 0 Å². The number of alkyl halides is 3. The summed E-state index contributed by atoms with van der Waals surface area (Å²) in [5.74, 6) is -1.29. The van der Waals surface area contributed by atoms with Crippen LogP contribution in [0.4, 0.5) is 13.2 Å². The van der Waals surface area contributed by atoms with Crippen molar-refractivity contribution in [1.29, 1.82) is 0 Å². The molecule has 1 aliphatic rings. The van der Waals surface area contributed by atoms with Crippen LogP contribution < -0.4 is 0 Å². The molecule has 0 aromatic heterocycles. The summed E-state index contributed by atoms with van der Waals surface area (Å²) >= 11 is 0. The van der Waals surface area contributed by atoms with Crippen LogP contribution in [0.2, 0.25) is 0 Å². The minimum Gasteiger partial charge on any atom is -0.462 e. The lowest BCUT2D eigenvalue weighted by atomic mass is 10.0. The Kier molecular flexibility index (Phi) is 6.48. The molecule has 1 aliphatic carbocycles. The van der Waals surface area contributed by atoms with Gasteiger partial charge in [-0.3, -0.25) is 9.59 Å². The topological polar surface area (TPSA) is 52.6 Å². The lowest BCUT2D eigenvalue weighted by Crippen LogP contribution is -2.31.